The summed E-state index contributed by atoms with van der Waals surface area (Å²) in [5.74, 6) is 2.59. The van der Waals surface area contributed by atoms with Crippen molar-refractivity contribution in [2.75, 3.05) is 0 Å². The molecule has 2 rings (SSSR count). The summed E-state index contributed by atoms with van der Waals surface area (Å²) in [7, 11) is 0. The molecule has 158 valence electrons. The van der Waals surface area contributed by atoms with Crippen molar-refractivity contribution >= 4 is 5.97 Å². The summed E-state index contributed by atoms with van der Waals surface area (Å²) in [6.45, 7) is 10.5. The zero-order valence-corrected chi connectivity index (χ0v) is 18.4. The molecule has 0 heterocycles. The predicted octanol–water partition coefficient (Wildman–Crippen LogP) is 7.17. The Kier molecular flexibility index (Phi) is 8.56. The summed E-state index contributed by atoms with van der Waals surface area (Å²) >= 11 is 0. The van der Waals surface area contributed by atoms with Crippen molar-refractivity contribution in [3.8, 4) is 23.0 Å². The molecule has 0 saturated carbocycles. The van der Waals surface area contributed by atoms with Gasteiger partial charge in [-0.05, 0) is 81.1 Å². The number of esters is 1. The van der Waals surface area contributed by atoms with Gasteiger partial charge in [0.05, 0.1) is 5.92 Å². The lowest BCUT2D eigenvalue weighted by molar-refractivity contribution is -0.139. The van der Waals surface area contributed by atoms with E-state index in [1.807, 2.05) is 31.2 Å². The highest BCUT2D eigenvalue weighted by atomic mass is 16.5. The van der Waals surface area contributed by atoms with Gasteiger partial charge < -0.3 is 14.2 Å². The summed E-state index contributed by atoms with van der Waals surface area (Å²) in [4.78, 5) is 12.2. The number of hydrogen-bond donors (Lipinski definition) is 0. The fraction of sp³-hybridized carbons (Fsp3) is 0.480. The van der Waals surface area contributed by atoms with Crippen LogP contribution in [0.25, 0.3) is 0 Å². The number of carbonyl (C=O) groups excluding carboxylic acids is 1. The van der Waals surface area contributed by atoms with E-state index in [9.17, 15) is 4.79 Å². The van der Waals surface area contributed by atoms with E-state index < -0.39 is 0 Å². The van der Waals surface area contributed by atoms with Crippen molar-refractivity contribution in [1.82, 2.24) is 0 Å². The van der Waals surface area contributed by atoms with E-state index in [-0.39, 0.29) is 17.5 Å². The number of rotatable bonds is 11. The molecule has 0 fully saturated rings. The van der Waals surface area contributed by atoms with Crippen LogP contribution in [0.5, 0.6) is 23.0 Å². The minimum absolute atomic E-state index is 0.0427. The largest absolute Gasteiger partial charge is 0.488 e. The molecular formula is C25H34O4. The first-order valence-electron chi connectivity index (χ1n) is 10.7. The number of benzene rings is 2. The van der Waals surface area contributed by atoms with E-state index in [1.54, 1.807) is 24.3 Å². The summed E-state index contributed by atoms with van der Waals surface area (Å²) in [6, 6.07) is 14.8. The molecule has 4 heteroatoms. The molecular weight excluding hydrogens is 364 g/mol. The number of carbonyl (C=O) groups is 1. The van der Waals surface area contributed by atoms with Crippen LogP contribution >= 0.6 is 0 Å². The van der Waals surface area contributed by atoms with Crippen LogP contribution in [0.3, 0.4) is 0 Å². The van der Waals surface area contributed by atoms with Gasteiger partial charge >= 0.3 is 5.97 Å². The minimum atomic E-state index is -0.162. The van der Waals surface area contributed by atoms with Gasteiger partial charge in [-0.25, -0.2) is 0 Å². The van der Waals surface area contributed by atoms with Crippen LogP contribution in [0.4, 0.5) is 0 Å². The SMILES string of the molecule is CCCC(CC)C(=O)Oc1ccc(Oc2ccc(OC(C)(CC)CC)cc2)cc1. The number of hydrogen-bond acceptors (Lipinski definition) is 4. The smallest absolute Gasteiger partial charge is 0.314 e. The van der Waals surface area contributed by atoms with Gasteiger partial charge in [-0.3, -0.25) is 4.79 Å². The minimum Gasteiger partial charge on any atom is -0.488 e. The molecule has 0 N–H and O–H groups in total. The van der Waals surface area contributed by atoms with Crippen LogP contribution in [0.1, 0.15) is 66.7 Å². The lowest BCUT2D eigenvalue weighted by atomic mass is 10.00. The zero-order valence-electron chi connectivity index (χ0n) is 18.4. The maximum Gasteiger partial charge on any atom is 0.314 e. The van der Waals surface area contributed by atoms with Crippen molar-refractivity contribution in [2.45, 2.75) is 72.3 Å². The van der Waals surface area contributed by atoms with E-state index in [4.69, 9.17) is 14.2 Å². The van der Waals surface area contributed by atoms with Crippen molar-refractivity contribution in [3.05, 3.63) is 48.5 Å². The summed E-state index contributed by atoms with van der Waals surface area (Å²) in [6.07, 6.45) is 4.53. The standard InChI is InChI=1S/C25H34O4/c1-6-10-19(7-2)24(26)28-22-13-11-20(12-14-22)27-21-15-17-23(18-16-21)29-25(5,8-3)9-4/h11-19H,6-10H2,1-5H3. The third-order valence-corrected chi connectivity index (χ3v) is 5.42. The van der Waals surface area contributed by atoms with Gasteiger partial charge in [0.25, 0.3) is 0 Å². The van der Waals surface area contributed by atoms with Crippen molar-refractivity contribution < 1.29 is 19.0 Å². The van der Waals surface area contributed by atoms with Crippen molar-refractivity contribution in [1.29, 1.82) is 0 Å². The van der Waals surface area contributed by atoms with E-state index in [0.29, 0.717) is 11.5 Å². The molecule has 0 aromatic heterocycles. The lowest BCUT2D eigenvalue weighted by Gasteiger charge is -2.28. The summed E-state index contributed by atoms with van der Waals surface area (Å²) in [5, 5.41) is 0. The van der Waals surface area contributed by atoms with Crippen LogP contribution in [-0.2, 0) is 4.79 Å². The van der Waals surface area contributed by atoms with Gasteiger partial charge in [-0.1, -0.05) is 34.1 Å². The second-order valence-corrected chi connectivity index (χ2v) is 7.62. The Morgan fingerprint density at radius 1 is 0.828 bits per heavy atom. The van der Waals surface area contributed by atoms with E-state index in [1.165, 1.54) is 0 Å². The van der Waals surface area contributed by atoms with Gasteiger partial charge in [-0.2, -0.15) is 0 Å². The molecule has 4 nitrogen and oxygen atoms in total. The van der Waals surface area contributed by atoms with Gasteiger partial charge in [-0.15, -0.1) is 0 Å². The first-order chi connectivity index (χ1) is 13.9. The van der Waals surface area contributed by atoms with Crippen LogP contribution in [-0.4, -0.2) is 11.6 Å². The Morgan fingerprint density at radius 2 is 1.31 bits per heavy atom. The highest BCUT2D eigenvalue weighted by molar-refractivity contribution is 5.75. The monoisotopic (exact) mass is 398 g/mol. The normalized spacial score (nSPS) is 12.3. The van der Waals surface area contributed by atoms with Gasteiger partial charge in [0.1, 0.15) is 28.6 Å². The molecule has 2 aromatic carbocycles. The zero-order chi connectivity index (χ0) is 21.3. The molecule has 0 spiro atoms. The first kappa shape index (κ1) is 22.8. The third-order valence-electron chi connectivity index (χ3n) is 5.42. The van der Waals surface area contributed by atoms with Crippen molar-refractivity contribution in [2.24, 2.45) is 5.92 Å². The molecule has 0 bridgehead atoms. The molecule has 0 aliphatic carbocycles. The first-order valence-corrected chi connectivity index (χ1v) is 10.7. The Morgan fingerprint density at radius 3 is 1.76 bits per heavy atom. The second-order valence-electron chi connectivity index (χ2n) is 7.62. The lowest BCUT2D eigenvalue weighted by Crippen LogP contribution is -2.30. The van der Waals surface area contributed by atoms with Gasteiger partial charge in [0.15, 0.2) is 0 Å². The van der Waals surface area contributed by atoms with Crippen molar-refractivity contribution in [3.63, 3.8) is 0 Å². The fourth-order valence-corrected chi connectivity index (χ4v) is 3.00. The highest BCUT2D eigenvalue weighted by Crippen LogP contribution is 2.29. The Balaban J connectivity index is 1.95. The maximum atomic E-state index is 12.2. The Hall–Kier alpha value is -2.49. The molecule has 0 radical (unpaired) electrons. The molecule has 0 aliphatic heterocycles. The van der Waals surface area contributed by atoms with Gasteiger partial charge in [0, 0.05) is 0 Å². The fourth-order valence-electron chi connectivity index (χ4n) is 3.00. The highest BCUT2D eigenvalue weighted by Gasteiger charge is 2.21. The number of ether oxygens (including phenoxy) is 3. The molecule has 1 atom stereocenters. The van der Waals surface area contributed by atoms with Crippen LogP contribution in [0.2, 0.25) is 0 Å². The van der Waals surface area contributed by atoms with Crippen LogP contribution < -0.4 is 14.2 Å². The molecule has 2 aromatic rings. The van der Waals surface area contributed by atoms with Crippen LogP contribution in [0, 0.1) is 5.92 Å². The topological polar surface area (TPSA) is 44.8 Å². The second kappa shape index (κ2) is 10.9. The average molecular weight is 399 g/mol. The summed E-state index contributed by atoms with van der Waals surface area (Å²) in [5.41, 5.74) is -0.149. The average Bonchev–Trinajstić information content (AvgIpc) is 2.74. The van der Waals surface area contributed by atoms with E-state index in [0.717, 1.165) is 43.6 Å². The Labute approximate surface area is 175 Å². The van der Waals surface area contributed by atoms with E-state index >= 15 is 0 Å². The quantitative estimate of drug-likeness (QED) is 0.297. The molecule has 1 unspecified atom stereocenters. The Bertz CT molecular complexity index is 745. The van der Waals surface area contributed by atoms with E-state index in [2.05, 4.69) is 27.7 Å². The maximum absolute atomic E-state index is 12.2. The predicted molar refractivity (Wildman–Crippen MR) is 117 cm³/mol. The third kappa shape index (κ3) is 6.81. The molecule has 29 heavy (non-hydrogen) atoms. The molecule has 0 amide bonds. The molecule has 0 aliphatic rings. The van der Waals surface area contributed by atoms with Gasteiger partial charge in [0.2, 0.25) is 0 Å². The molecule has 0 saturated heterocycles. The summed E-state index contributed by atoms with van der Waals surface area (Å²) < 4.78 is 17.5. The van der Waals surface area contributed by atoms with Crippen LogP contribution in [0.15, 0.2) is 48.5 Å².